The Morgan fingerprint density at radius 3 is 1.52 bits per heavy atom. The van der Waals surface area contributed by atoms with Gasteiger partial charge in [0.25, 0.3) is 0 Å². The van der Waals surface area contributed by atoms with E-state index in [1.807, 2.05) is 6.07 Å². The van der Waals surface area contributed by atoms with Crippen molar-refractivity contribution in [3.8, 4) is 46.0 Å². The number of aromatic hydroxyl groups is 2. The quantitative estimate of drug-likeness (QED) is 0.0417. The molecular formula is C51H65N3O4. The van der Waals surface area contributed by atoms with Crippen molar-refractivity contribution < 1.29 is 19.7 Å². The molecule has 0 aliphatic carbocycles. The number of phenols is 2. The summed E-state index contributed by atoms with van der Waals surface area (Å²) in [6.45, 7) is 5.50. The number of nitrogens with zero attached hydrogens (tertiary/aromatic N) is 3. The molecule has 0 aliphatic rings. The lowest BCUT2D eigenvalue weighted by atomic mass is 9.93. The van der Waals surface area contributed by atoms with Gasteiger partial charge in [-0.05, 0) is 51.2 Å². The first-order chi connectivity index (χ1) is 28.6. The van der Waals surface area contributed by atoms with Crippen LogP contribution in [0.1, 0.15) is 142 Å². The Labute approximate surface area is 346 Å². The number of ether oxygens (including phenoxy) is 2. The third-order valence-electron chi connectivity index (χ3n) is 11.4. The average Bonchev–Trinajstić information content (AvgIpc) is 3.24. The van der Waals surface area contributed by atoms with E-state index in [4.69, 9.17) is 19.4 Å². The summed E-state index contributed by atoms with van der Waals surface area (Å²) in [6, 6.07) is 26.4. The lowest BCUT2D eigenvalue weighted by Crippen LogP contribution is -2.06. The van der Waals surface area contributed by atoms with Crippen LogP contribution in [0, 0.1) is 0 Å². The molecule has 0 unspecified atom stereocenters. The molecule has 7 nitrogen and oxygen atoms in total. The van der Waals surface area contributed by atoms with E-state index in [2.05, 4.69) is 79.5 Å². The molecule has 0 bridgehead atoms. The fraction of sp³-hybridized carbons (Fsp3) is 0.471. The first-order valence-electron chi connectivity index (χ1n) is 22.5. The lowest BCUT2D eigenvalue weighted by molar-refractivity contribution is 0.281. The van der Waals surface area contributed by atoms with Gasteiger partial charge in [0.05, 0.1) is 13.2 Å². The minimum Gasteiger partial charge on any atom is -0.507 e. The van der Waals surface area contributed by atoms with Gasteiger partial charge < -0.3 is 19.7 Å². The summed E-state index contributed by atoms with van der Waals surface area (Å²) >= 11 is 0. The fourth-order valence-electron chi connectivity index (χ4n) is 8.13. The maximum Gasteiger partial charge on any atom is 0.320 e. The van der Waals surface area contributed by atoms with Gasteiger partial charge in [0, 0.05) is 17.7 Å². The predicted octanol–water partition coefficient (Wildman–Crippen LogP) is 14.7. The van der Waals surface area contributed by atoms with E-state index in [1.54, 1.807) is 0 Å². The van der Waals surface area contributed by atoms with Crippen LogP contribution in [0.3, 0.4) is 0 Å². The van der Waals surface area contributed by atoms with Gasteiger partial charge in [-0.2, -0.15) is 9.97 Å². The summed E-state index contributed by atoms with van der Waals surface area (Å²) in [4.78, 5) is 14.5. The third-order valence-corrected chi connectivity index (χ3v) is 11.4. The van der Waals surface area contributed by atoms with Crippen molar-refractivity contribution >= 4 is 32.3 Å². The molecule has 0 saturated heterocycles. The molecule has 308 valence electrons. The van der Waals surface area contributed by atoms with Crippen LogP contribution in [0.5, 0.6) is 23.3 Å². The molecule has 5 aromatic carbocycles. The Morgan fingerprint density at radius 1 is 0.431 bits per heavy atom. The normalized spacial score (nSPS) is 11.6. The maximum atomic E-state index is 11.4. The van der Waals surface area contributed by atoms with Gasteiger partial charge in [0.1, 0.15) is 22.8 Å². The predicted molar refractivity (Wildman–Crippen MR) is 241 cm³/mol. The molecule has 0 spiro atoms. The van der Waals surface area contributed by atoms with E-state index in [1.165, 1.54) is 115 Å². The summed E-state index contributed by atoms with van der Waals surface area (Å²) in [7, 11) is 0. The van der Waals surface area contributed by atoms with Gasteiger partial charge in [0.15, 0.2) is 11.6 Å². The second-order valence-corrected chi connectivity index (χ2v) is 16.0. The Bertz CT molecular complexity index is 2160. The van der Waals surface area contributed by atoms with Crippen molar-refractivity contribution in [1.82, 2.24) is 15.0 Å². The van der Waals surface area contributed by atoms with Gasteiger partial charge in [-0.15, -0.1) is 0 Å². The Balaban J connectivity index is 1.21. The van der Waals surface area contributed by atoms with Crippen LogP contribution in [0.15, 0.2) is 78.9 Å². The van der Waals surface area contributed by atoms with Crippen molar-refractivity contribution in [2.24, 2.45) is 0 Å². The highest BCUT2D eigenvalue weighted by molar-refractivity contribution is 6.20. The van der Waals surface area contributed by atoms with Crippen molar-refractivity contribution in [3.63, 3.8) is 0 Å². The smallest absolute Gasteiger partial charge is 0.320 e. The van der Waals surface area contributed by atoms with Crippen molar-refractivity contribution in [2.75, 3.05) is 13.2 Å². The number of aromatic nitrogens is 3. The van der Waals surface area contributed by atoms with Crippen LogP contribution in [0.25, 0.3) is 55.1 Å². The molecule has 0 atom stereocenters. The van der Waals surface area contributed by atoms with E-state index in [-0.39, 0.29) is 28.9 Å². The molecule has 7 heteroatoms. The monoisotopic (exact) mass is 783 g/mol. The molecular weight excluding hydrogens is 719 g/mol. The molecule has 1 heterocycles. The van der Waals surface area contributed by atoms with Gasteiger partial charge in [0.2, 0.25) is 0 Å². The van der Waals surface area contributed by atoms with Crippen LogP contribution < -0.4 is 9.47 Å². The van der Waals surface area contributed by atoms with Crippen LogP contribution in [0.2, 0.25) is 0 Å². The van der Waals surface area contributed by atoms with Gasteiger partial charge in [-0.3, -0.25) is 0 Å². The molecule has 0 fully saturated rings. The van der Waals surface area contributed by atoms with Gasteiger partial charge in [-0.1, -0.05) is 190 Å². The number of unbranched alkanes of at least 4 members (excludes halogenated alkanes) is 18. The Hall–Kier alpha value is -4.91. The zero-order chi connectivity index (χ0) is 40.4. The summed E-state index contributed by atoms with van der Waals surface area (Å²) in [5.74, 6) is 0.639. The fourth-order valence-corrected chi connectivity index (χ4v) is 8.13. The van der Waals surface area contributed by atoms with E-state index >= 15 is 0 Å². The molecule has 0 amide bonds. The first kappa shape index (κ1) is 42.7. The number of fused-ring (bicyclic) bond motifs is 5. The number of hydrogen-bond donors (Lipinski definition) is 2. The Kier molecular flexibility index (Phi) is 16.8. The second-order valence-electron chi connectivity index (χ2n) is 16.0. The largest absolute Gasteiger partial charge is 0.507 e. The van der Waals surface area contributed by atoms with Crippen LogP contribution in [-0.2, 0) is 0 Å². The molecule has 6 rings (SSSR count). The Morgan fingerprint density at radius 2 is 0.914 bits per heavy atom. The van der Waals surface area contributed by atoms with Crippen LogP contribution in [0.4, 0.5) is 0 Å². The maximum absolute atomic E-state index is 11.4. The number of benzene rings is 5. The summed E-state index contributed by atoms with van der Waals surface area (Å²) in [5, 5.41) is 29.4. The van der Waals surface area contributed by atoms with E-state index < -0.39 is 0 Å². The average molecular weight is 784 g/mol. The van der Waals surface area contributed by atoms with E-state index in [0.717, 1.165) is 63.6 Å². The molecule has 6 aromatic rings. The van der Waals surface area contributed by atoms with Crippen LogP contribution >= 0.6 is 0 Å². The van der Waals surface area contributed by atoms with E-state index in [0.29, 0.717) is 24.8 Å². The molecule has 0 saturated carbocycles. The topological polar surface area (TPSA) is 97.6 Å². The number of hydrogen-bond acceptors (Lipinski definition) is 7. The molecule has 58 heavy (non-hydrogen) atoms. The van der Waals surface area contributed by atoms with Gasteiger partial charge in [-0.25, -0.2) is 4.98 Å². The number of phenolic OH excluding ortho intramolecular Hbond substituents is 2. The third kappa shape index (κ3) is 11.8. The summed E-state index contributed by atoms with van der Waals surface area (Å²) in [6.07, 6.45) is 24.7. The van der Waals surface area contributed by atoms with Crippen LogP contribution in [-0.4, -0.2) is 38.4 Å². The van der Waals surface area contributed by atoms with Crippen molar-refractivity contribution in [3.05, 3.63) is 78.9 Å². The van der Waals surface area contributed by atoms with Crippen molar-refractivity contribution in [2.45, 2.75) is 142 Å². The van der Waals surface area contributed by atoms with Crippen molar-refractivity contribution in [1.29, 1.82) is 0 Å². The standard InChI is InChI=1S/C51H65N3O4/c1-3-5-7-9-11-13-15-17-19-25-33-57-39-35-46(55)48(47(56)36-39)50-52-49(53-51(54-50)58-34-26-20-18-16-14-12-10-8-6-4-2)45-37-44-40-28-22-21-27-38(40)31-32-43(44)41-29-23-24-30-42(41)45/h21-24,27-32,35-37,55-56H,3-20,25-26,33-34H2,1-2H3. The molecule has 0 aliphatic heterocycles. The highest BCUT2D eigenvalue weighted by atomic mass is 16.5. The molecule has 1 aromatic heterocycles. The summed E-state index contributed by atoms with van der Waals surface area (Å²) in [5.41, 5.74) is 0.941. The highest BCUT2D eigenvalue weighted by Gasteiger charge is 2.21. The zero-order valence-corrected chi connectivity index (χ0v) is 35.1. The number of rotatable bonds is 26. The molecule has 0 radical (unpaired) electrons. The highest BCUT2D eigenvalue weighted by Crippen LogP contribution is 2.42. The zero-order valence-electron chi connectivity index (χ0n) is 35.1. The lowest BCUT2D eigenvalue weighted by Gasteiger charge is -2.15. The van der Waals surface area contributed by atoms with E-state index in [9.17, 15) is 10.2 Å². The second kappa shape index (κ2) is 22.9. The minimum atomic E-state index is -0.162. The first-order valence-corrected chi connectivity index (χ1v) is 22.5. The molecule has 2 N–H and O–H groups in total. The van der Waals surface area contributed by atoms with Gasteiger partial charge >= 0.3 is 6.01 Å². The SMILES string of the molecule is CCCCCCCCCCCCOc1cc(O)c(-c2nc(OCCCCCCCCCCCC)nc(-c3cc4c5ccccc5ccc4c4ccccc34)n2)c(O)c1. The minimum absolute atomic E-state index is 0.120. The summed E-state index contributed by atoms with van der Waals surface area (Å²) < 4.78 is 12.2.